The van der Waals surface area contributed by atoms with Gasteiger partial charge >= 0.3 is 6.18 Å². The van der Waals surface area contributed by atoms with Crippen LogP contribution in [0.3, 0.4) is 0 Å². The van der Waals surface area contributed by atoms with E-state index in [-0.39, 0.29) is 5.75 Å². The molecule has 0 atom stereocenters. The fourth-order valence-corrected chi connectivity index (χ4v) is 2.45. The number of thioether (sulfide) groups is 1. The highest BCUT2D eigenvalue weighted by Crippen LogP contribution is 2.26. The van der Waals surface area contributed by atoms with Crippen molar-refractivity contribution in [1.29, 1.82) is 0 Å². The summed E-state index contributed by atoms with van der Waals surface area (Å²) in [5.41, 5.74) is 0.665. The van der Waals surface area contributed by atoms with Crippen LogP contribution in [0.15, 0.2) is 35.7 Å². The van der Waals surface area contributed by atoms with E-state index in [2.05, 4.69) is 10.2 Å². The largest absolute Gasteiger partial charge is 0.495 e. The average molecular weight is 346 g/mol. The third-order valence-electron chi connectivity index (χ3n) is 2.68. The predicted molar refractivity (Wildman–Crippen MR) is 77.7 cm³/mol. The molecule has 1 heterocycles. The minimum atomic E-state index is -4.43. The molecule has 10 heteroatoms. The molecule has 0 aliphatic heterocycles. The number of amides is 1. The Morgan fingerprint density at radius 1 is 1.39 bits per heavy atom. The summed E-state index contributed by atoms with van der Waals surface area (Å²) in [6.45, 7) is -1.36. The third kappa shape index (κ3) is 4.88. The normalized spacial score (nSPS) is 11.3. The zero-order chi connectivity index (χ0) is 16.9. The molecule has 0 radical (unpaired) electrons. The van der Waals surface area contributed by atoms with Gasteiger partial charge in [-0.1, -0.05) is 23.9 Å². The number of carbonyl (C=O) groups is 1. The molecule has 0 bridgehead atoms. The van der Waals surface area contributed by atoms with E-state index in [1.807, 2.05) is 0 Å². The minimum Gasteiger partial charge on any atom is -0.495 e. The first-order valence-corrected chi connectivity index (χ1v) is 7.39. The van der Waals surface area contributed by atoms with Gasteiger partial charge in [0.25, 0.3) is 0 Å². The molecular formula is C13H13F3N4O2S. The number of aromatic nitrogens is 3. The lowest BCUT2D eigenvalue weighted by atomic mass is 10.3. The number of halogens is 3. The molecule has 1 N–H and O–H groups in total. The topological polar surface area (TPSA) is 69.0 Å². The molecule has 0 saturated heterocycles. The van der Waals surface area contributed by atoms with Crippen LogP contribution in [0.4, 0.5) is 13.2 Å². The van der Waals surface area contributed by atoms with Crippen molar-refractivity contribution in [2.24, 2.45) is 0 Å². The summed E-state index contributed by atoms with van der Waals surface area (Å²) in [7, 11) is 1.51. The molecule has 2 aromatic rings. The van der Waals surface area contributed by atoms with Gasteiger partial charge in [-0.25, -0.2) is 0 Å². The predicted octanol–water partition coefficient (Wildman–Crippen LogP) is 2.05. The number of methoxy groups -OCH3 is 1. The van der Waals surface area contributed by atoms with Crippen molar-refractivity contribution in [1.82, 2.24) is 20.1 Å². The SMILES string of the molecule is COc1ccccc1-n1cnnc1SCC(=O)NCC(F)(F)F. The van der Waals surface area contributed by atoms with Crippen LogP contribution >= 0.6 is 11.8 Å². The molecule has 0 fully saturated rings. The fraction of sp³-hybridized carbons (Fsp3) is 0.308. The number of rotatable bonds is 6. The van der Waals surface area contributed by atoms with Gasteiger partial charge in [0.15, 0.2) is 5.16 Å². The Morgan fingerprint density at radius 3 is 2.83 bits per heavy atom. The highest BCUT2D eigenvalue weighted by Gasteiger charge is 2.27. The van der Waals surface area contributed by atoms with E-state index < -0.39 is 18.6 Å². The Labute approximate surface area is 134 Å². The van der Waals surface area contributed by atoms with E-state index in [0.717, 1.165) is 11.8 Å². The minimum absolute atomic E-state index is 0.204. The summed E-state index contributed by atoms with van der Waals surface area (Å²) in [5.74, 6) is -0.359. The van der Waals surface area contributed by atoms with Crippen LogP contribution in [0.25, 0.3) is 5.69 Å². The van der Waals surface area contributed by atoms with Crippen LogP contribution in [0.2, 0.25) is 0 Å². The smallest absolute Gasteiger partial charge is 0.405 e. The number of hydrogen-bond donors (Lipinski definition) is 1. The fourth-order valence-electron chi connectivity index (χ4n) is 1.70. The highest BCUT2D eigenvalue weighted by molar-refractivity contribution is 7.99. The van der Waals surface area contributed by atoms with E-state index in [1.165, 1.54) is 13.4 Å². The number of alkyl halides is 3. The van der Waals surface area contributed by atoms with Crippen molar-refractivity contribution in [3.8, 4) is 11.4 Å². The van der Waals surface area contributed by atoms with Gasteiger partial charge in [-0.2, -0.15) is 13.2 Å². The second-order valence-corrected chi connectivity index (χ2v) is 5.28. The number of hydrogen-bond acceptors (Lipinski definition) is 5. The molecule has 0 saturated carbocycles. The van der Waals surface area contributed by atoms with Gasteiger partial charge in [-0.15, -0.1) is 10.2 Å². The lowest BCUT2D eigenvalue weighted by Crippen LogP contribution is -2.34. The highest BCUT2D eigenvalue weighted by atomic mass is 32.2. The number of carbonyl (C=O) groups excluding carboxylic acids is 1. The molecule has 6 nitrogen and oxygen atoms in total. The van der Waals surface area contributed by atoms with Crippen LogP contribution in [-0.4, -0.2) is 46.3 Å². The van der Waals surface area contributed by atoms with Gasteiger partial charge in [0.2, 0.25) is 5.91 Å². The number of benzene rings is 1. The van der Waals surface area contributed by atoms with E-state index >= 15 is 0 Å². The quantitative estimate of drug-likeness (QED) is 0.811. The molecule has 1 aromatic heterocycles. The molecule has 1 amide bonds. The Kier molecular flexibility index (Phi) is 5.48. The maximum atomic E-state index is 12.0. The van der Waals surface area contributed by atoms with Crippen LogP contribution in [0.1, 0.15) is 0 Å². The van der Waals surface area contributed by atoms with Gasteiger partial charge in [0, 0.05) is 0 Å². The summed E-state index contributed by atoms with van der Waals surface area (Å²) in [6.07, 6.45) is -2.99. The molecular weight excluding hydrogens is 333 g/mol. The van der Waals surface area contributed by atoms with Crippen molar-refractivity contribution in [3.63, 3.8) is 0 Å². The van der Waals surface area contributed by atoms with E-state index in [9.17, 15) is 18.0 Å². The molecule has 23 heavy (non-hydrogen) atoms. The first-order chi connectivity index (χ1) is 10.9. The Hall–Kier alpha value is -2.23. The van der Waals surface area contributed by atoms with E-state index in [1.54, 1.807) is 34.1 Å². The van der Waals surface area contributed by atoms with E-state index in [0.29, 0.717) is 16.6 Å². The molecule has 0 aliphatic carbocycles. The maximum Gasteiger partial charge on any atom is 0.405 e. The number of nitrogens with zero attached hydrogens (tertiary/aromatic N) is 3. The van der Waals surface area contributed by atoms with Gasteiger partial charge in [0.1, 0.15) is 18.6 Å². The summed E-state index contributed by atoms with van der Waals surface area (Å²) in [5, 5.41) is 9.80. The summed E-state index contributed by atoms with van der Waals surface area (Å²) >= 11 is 0.981. The molecule has 0 spiro atoms. The number of ether oxygens (including phenoxy) is 1. The first kappa shape index (κ1) is 17.1. The molecule has 0 unspecified atom stereocenters. The second kappa shape index (κ2) is 7.36. The van der Waals surface area contributed by atoms with Crippen molar-refractivity contribution in [2.75, 3.05) is 19.4 Å². The molecule has 124 valence electrons. The number of nitrogens with one attached hydrogen (secondary N) is 1. The maximum absolute atomic E-state index is 12.0. The second-order valence-electron chi connectivity index (χ2n) is 4.34. The third-order valence-corrected chi connectivity index (χ3v) is 3.62. The summed E-state index contributed by atoms with van der Waals surface area (Å²) in [6, 6.07) is 7.11. The summed E-state index contributed by atoms with van der Waals surface area (Å²) < 4.78 is 42.9. The lowest BCUT2D eigenvalue weighted by Gasteiger charge is -2.11. The zero-order valence-electron chi connectivity index (χ0n) is 12.0. The molecule has 1 aromatic carbocycles. The molecule has 2 rings (SSSR count). The average Bonchev–Trinajstić information content (AvgIpc) is 2.98. The van der Waals surface area contributed by atoms with E-state index in [4.69, 9.17) is 4.74 Å². The van der Waals surface area contributed by atoms with Crippen LogP contribution in [-0.2, 0) is 4.79 Å². The lowest BCUT2D eigenvalue weighted by molar-refractivity contribution is -0.136. The van der Waals surface area contributed by atoms with Crippen LogP contribution in [0.5, 0.6) is 5.75 Å². The van der Waals surface area contributed by atoms with Crippen molar-refractivity contribution in [3.05, 3.63) is 30.6 Å². The number of para-hydroxylation sites is 2. The molecule has 0 aliphatic rings. The Bertz CT molecular complexity index is 675. The first-order valence-electron chi connectivity index (χ1n) is 6.40. The monoisotopic (exact) mass is 346 g/mol. The Morgan fingerprint density at radius 2 is 2.13 bits per heavy atom. The summed E-state index contributed by atoms with van der Waals surface area (Å²) in [4.78, 5) is 11.4. The van der Waals surface area contributed by atoms with Crippen molar-refractivity contribution >= 4 is 17.7 Å². The van der Waals surface area contributed by atoms with Crippen LogP contribution < -0.4 is 10.1 Å². The van der Waals surface area contributed by atoms with Gasteiger partial charge in [0.05, 0.1) is 18.6 Å². The standard InChI is InChI=1S/C13H13F3N4O2S/c1-22-10-5-3-2-4-9(10)20-8-18-19-12(20)23-6-11(21)17-7-13(14,15)16/h2-5,8H,6-7H2,1H3,(H,17,21). The van der Waals surface area contributed by atoms with Gasteiger partial charge in [-0.05, 0) is 12.1 Å². The van der Waals surface area contributed by atoms with Crippen LogP contribution in [0, 0.1) is 0 Å². The van der Waals surface area contributed by atoms with Gasteiger partial charge < -0.3 is 10.1 Å². The Balaban J connectivity index is 2.03. The van der Waals surface area contributed by atoms with Crippen molar-refractivity contribution in [2.45, 2.75) is 11.3 Å². The van der Waals surface area contributed by atoms with Crippen molar-refractivity contribution < 1.29 is 22.7 Å². The van der Waals surface area contributed by atoms with Gasteiger partial charge in [-0.3, -0.25) is 9.36 Å². The zero-order valence-corrected chi connectivity index (χ0v) is 12.8.